The van der Waals surface area contributed by atoms with Crippen LogP contribution in [0.5, 0.6) is 0 Å². The van der Waals surface area contributed by atoms with Crippen LogP contribution >= 0.6 is 0 Å². The van der Waals surface area contributed by atoms with E-state index in [0.717, 1.165) is 18.2 Å². The Hall–Kier alpha value is -3.72. The van der Waals surface area contributed by atoms with Crippen molar-refractivity contribution in [2.24, 2.45) is 16.2 Å². The molecule has 0 bridgehead atoms. The van der Waals surface area contributed by atoms with Gasteiger partial charge in [-0.15, -0.1) is 0 Å². The maximum absolute atomic E-state index is 11.7. The maximum atomic E-state index is 11.7. The second-order valence-corrected chi connectivity index (χ2v) is 15.3. The van der Waals surface area contributed by atoms with Gasteiger partial charge in [0.25, 0.3) is 0 Å². The van der Waals surface area contributed by atoms with Crippen molar-refractivity contribution in [3.05, 3.63) is 48.6 Å². The summed E-state index contributed by atoms with van der Waals surface area (Å²) in [6, 6.07) is 0. The van der Waals surface area contributed by atoms with E-state index >= 15 is 0 Å². The molecule has 0 saturated carbocycles. The molecule has 0 heterocycles. The predicted octanol–water partition coefficient (Wildman–Crippen LogP) is -2.06. The van der Waals surface area contributed by atoms with Crippen LogP contribution in [0.4, 0.5) is 0 Å². The van der Waals surface area contributed by atoms with Crippen molar-refractivity contribution in [2.45, 2.75) is 52.1 Å². The van der Waals surface area contributed by atoms with E-state index in [1.807, 2.05) is 0 Å². The first-order chi connectivity index (χ1) is 31.1. The summed E-state index contributed by atoms with van der Waals surface area (Å²) in [6.07, 6.45) is 5.47. The van der Waals surface area contributed by atoms with Crippen molar-refractivity contribution in [3.8, 4) is 0 Å². The van der Waals surface area contributed by atoms with Gasteiger partial charge in [0.1, 0.15) is 50.8 Å². The zero-order valence-corrected chi connectivity index (χ0v) is 37.9. The third-order valence-corrected chi connectivity index (χ3v) is 8.73. The SMILES string of the molecule is CC=CC(=O)OCC(O)COCC(CO)(CO)COCC(CO)(COCC(O)COC(=O)C=CC)COCC(CO)(COCC(O)COC(=O)C=CC)COCC(O)COC(=O)C=CC. The third-order valence-electron chi connectivity index (χ3n) is 8.73. The number of allylic oxidation sites excluding steroid dienone is 4. The number of rotatable bonds is 40. The molecule has 0 aliphatic heterocycles. The maximum Gasteiger partial charge on any atom is 0.330 e. The van der Waals surface area contributed by atoms with Crippen LogP contribution in [0.15, 0.2) is 48.6 Å². The van der Waals surface area contributed by atoms with E-state index in [0.29, 0.717) is 0 Å². The molecule has 0 amide bonds. The summed E-state index contributed by atoms with van der Waals surface area (Å²) in [5.41, 5.74) is -4.29. The van der Waals surface area contributed by atoms with Crippen molar-refractivity contribution >= 4 is 23.9 Å². The van der Waals surface area contributed by atoms with Gasteiger partial charge in [0.15, 0.2) is 0 Å². The third kappa shape index (κ3) is 28.8. The molecule has 376 valence electrons. The van der Waals surface area contributed by atoms with Crippen molar-refractivity contribution < 1.29 is 107 Å². The number of aliphatic hydroxyl groups is 8. The minimum atomic E-state index is -1.45. The van der Waals surface area contributed by atoms with Crippen molar-refractivity contribution in [1.82, 2.24) is 0 Å². The fraction of sp³-hybridized carbons (Fsp3) is 0.721. The summed E-state index contributed by atoms with van der Waals surface area (Å²) >= 11 is 0. The van der Waals surface area contributed by atoms with E-state index in [2.05, 4.69) is 0 Å². The van der Waals surface area contributed by atoms with E-state index in [4.69, 9.17) is 47.4 Å². The Balaban J connectivity index is 6.15. The zero-order chi connectivity index (χ0) is 49.0. The molecule has 0 radical (unpaired) electrons. The van der Waals surface area contributed by atoms with Crippen LogP contribution in [0.2, 0.25) is 0 Å². The molecule has 0 aromatic carbocycles. The van der Waals surface area contributed by atoms with Crippen LogP contribution in [-0.2, 0) is 66.5 Å². The number of ether oxygens (including phenoxy) is 10. The lowest BCUT2D eigenvalue weighted by Crippen LogP contribution is -2.47. The highest BCUT2D eigenvalue weighted by Crippen LogP contribution is 2.26. The fourth-order valence-corrected chi connectivity index (χ4v) is 5.05. The highest BCUT2D eigenvalue weighted by Gasteiger charge is 2.38. The van der Waals surface area contributed by atoms with E-state index in [1.165, 1.54) is 30.4 Å². The van der Waals surface area contributed by atoms with Gasteiger partial charge >= 0.3 is 23.9 Å². The largest absolute Gasteiger partial charge is 0.460 e. The van der Waals surface area contributed by atoms with Gasteiger partial charge in [0.05, 0.1) is 122 Å². The molecular weight excluding hydrogens is 868 g/mol. The van der Waals surface area contributed by atoms with Crippen LogP contribution in [0, 0.1) is 16.2 Å². The van der Waals surface area contributed by atoms with Crippen LogP contribution in [-0.4, -0.2) is 221 Å². The molecule has 65 heavy (non-hydrogen) atoms. The van der Waals surface area contributed by atoms with Crippen molar-refractivity contribution in [3.63, 3.8) is 0 Å². The zero-order valence-electron chi connectivity index (χ0n) is 37.9. The number of aliphatic hydroxyl groups excluding tert-OH is 8. The van der Waals surface area contributed by atoms with Gasteiger partial charge in [-0.25, -0.2) is 19.2 Å². The van der Waals surface area contributed by atoms with Crippen molar-refractivity contribution in [2.75, 3.05) is 132 Å². The average molecular weight is 941 g/mol. The van der Waals surface area contributed by atoms with E-state index in [9.17, 15) is 60.0 Å². The van der Waals surface area contributed by atoms with Crippen LogP contribution in [0.1, 0.15) is 27.7 Å². The first kappa shape index (κ1) is 61.3. The molecule has 5 atom stereocenters. The quantitative estimate of drug-likeness (QED) is 0.0186. The summed E-state index contributed by atoms with van der Waals surface area (Å²) < 4.78 is 54.3. The van der Waals surface area contributed by atoms with Crippen LogP contribution < -0.4 is 0 Å². The van der Waals surface area contributed by atoms with Crippen LogP contribution in [0.3, 0.4) is 0 Å². The molecule has 0 aromatic rings. The molecule has 8 N–H and O–H groups in total. The summed E-state index contributed by atoms with van der Waals surface area (Å²) in [6.45, 7) is -1.93. The molecule has 0 aliphatic carbocycles. The second kappa shape index (κ2) is 36.4. The van der Waals surface area contributed by atoms with Gasteiger partial charge in [-0.2, -0.15) is 0 Å². The molecule has 0 aliphatic rings. The van der Waals surface area contributed by atoms with Crippen LogP contribution in [0.25, 0.3) is 0 Å². The molecule has 22 nitrogen and oxygen atoms in total. The lowest BCUT2D eigenvalue weighted by molar-refractivity contribution is -0.156. The Morgan fingerprint density at radius 3 is 0.769 bits per heavy atom. The molecule has 0 spiro atoms. The lowest BCUT2D eigenvalue weighted by atomic mass is 9.89. The van der Waals surface area contributed by atoms with Gasteiger partial charge in [-0.1, -0.05) is 24.3 Å². The van der Waals surface area contributed by atoms with E-state index in [1.54, 1.807) is 27.7 Å². The highest BCUT2D eigenvalue weighted by molar-refractivity contribution is 5.82. The average Bonchev–Trinajstić information content (AvgIpc) is 3.28. The predicted molar refractivity (Wildman–Crippen MR) is 228 cm³/mol. The molecule has 0 rings (SSSR count). The first-order valence-electron chi connectivity index (χ1n) is 20.9. The first-order valence-corrected chi connectivity index (χ1v) is 20.9. The topological polar surface area (TPSA) is 322 Å². The summed E-state index contributed by atoms with van der Waals surface area (Å²) in [7, 11) is 0. The van der Waals surface area contributed by atoms with Crippen molar-refractivity contribution in [1.29, 1.82) is 0 Å². The fourth-order valence-electron chi connectivity index (χ4n) is 5.05. The smallest absolute Gasteiger partial charge is 0.330 e. The summed E-state index contributed by atoms with van der Waals surface area (Å²) in [5.74, 6) is -2.72. The molecule has 5 unspecified atom stereocenters. The van der Waals surface area contributed by atoms with Gasteiger partial charge in [0.2, 0.25) is 0 Å². The van der Waals surface area contributed by atoms with Gasteiger partial charge in [-0.3, -0.25) is 0 Å². The lowest BCUT2D eigenvalue weighted by Gasteiger charge is -2.36. The minimum Gasteiger partial charge on any atom is -0.460 e. The Kier molecular flexibility index (Phi) is 34.3. The number of esters is 4. The Morgan fingerprint density at radius 2 is 0.554 bits per heavy atom. The normalized spacial score (nSPS) is 16.1. The van der Waals surface area contributed by atoms with Gasteiger partial charge in [-0.05, 0) is 27.7 Å². The van der Waals surface area contributed by atoms with Gasteiger partial charge in [0, 0.05) is 24.3 Å². The number of hydrogen-bond acceptors (Lipinski definition) is 22. The summed E-state index contributed by atoms with van der Waals surface area (Å²) in [4.78, 5) is 46.6. The molecule has 0 aromatic heterocycles. The Bertz CT molecular complexity index is 1370. The number of carbonyl (C=O) groups is 4. The Labute approximate surface area is 379 Å². The minimum absolute atomic E-state index is 0.323. The molecule has 22 heteroatoms. The molecular formula is C43H72O22. The highest BCUT2D eigenvalue weighted by atomic mass is 16.6. The molecule has 0 saturated heterocycles. The monoisotopic (exact) mass is 940 g/mol. The number of carbonyl (C=O) groups excluding carboxylic acids is 4. The standard InChI is InChI=1S/C43H72O22/c1-5-9-37(52)62-17-33(48)13-56-25-41(21-44,22-45)26-60-31-43(24-47,29-59-16-36(51)20-65-40(55)12-8-4)32-61-30-42(23-46,27-57-14-34(49)18-63-38(53)10-6-2)28-58-15-35(50)19-64-39(54)11-7-3/h5-12,33-36,44-51H,13-32H2,1-4H3. The van der Waals surface area contributed by atoms with Gasteiger partial charge < -0.3 is 88.2 Å². The Morgan fingerprint density at radius 1 is 0.354 bits per heavy atom. The van der Waals surface area contributed by atoms with E-state index < -0.39 is 111 Å². The molecule has 0 fully saturated rings. The second-order valence-electron chi connectivity index (χ2n) is 15.3. The van der Waals surface area contributed by atoms with E-state index in [-0.39, 0.29) is 85.9 Å². The number of hydrogen-bond donors (Lipinski definition) is 8. The summed E-state index contributed by atoms with van der Waals surface area (Å²) in [5, 5.41) is 83.2.